The van der Waals surface area contributed by atoms with Gasteiger partial charge in [0.15, 0.2) is 0 Å². The summed E-state index contributed by atoms with van der Waals surface area (Å²) >= 11 is 0. The van der Waals surface area contributed by atoms with Crippen LogP contribution in [0.3, 0.4) is 0 Å². The Bertz CT molecular complexity index is 564. The molecule has 0 atom stereocenters. The molecule has 1 aliphatic carbocycles. The molecule has 5 nitrogen and oxygen atoms in total. The second kappa shape index (κ2) is 4.89. The molecule has 2 aliphatic rings. The van der Waals surface area contributed by atoms with Crippen molar-refractivity contribution in [2.24, 2.45) is 0 Å². The molecule has 106 valence electrons. The molecule has 1 saturated carbocycles. The van der Waals surface area contributed by atoms with Crippen molar-refractivity contribution in [3.63, 3.8) is 0 Å². The number of rotatable bonds is 6. The molecule has 0 unspecified atom stereocenters. The van der Waals surface area contributed by atoms with E-state index in [-0.39, 0.29) is 22.8 Å². The van der Waals surface area contributed by atoms with Gasteiger partial charge in [-0.2, -0.15) is 0 Å². The minimum absolute atomic E-state index is 0.0612. The van der Waals surface area contributed by atoms with Gasteiger partial charge in [-0.25, -0.2) is 0 Å². The van der Waals surface area contributed by atoms with Gasteiger partial charge in [-0.3, -0.25) is 14.9 Å². The average Bonchev–Trinajstić information content (AvgIpc) is 3.15. The van der Waals surface area contributed by atoms with Crippen LogP contribution in [0.15, 0.2) is 18.2 Å². The topological polar surface area (TPSA) is 72.2 Å². The van der Waals surface area contributed by atoms with Crippen LogP contribution in [0.5, 0.6) is 0 Å². The Morgan fingerprint density at radius 2 is 2.05 bits per heavy atom. The molecule has 0 aromatic heterocycles. The third kappa shape index (κ3) is 2.28. The maximum atomic E-state index is 11.9. The second-order valence-corrected chi connectivity index (χ2v) is 5.78. The zero-order valence-electron chi connectivity index (χ0n) is 11.4. The Kier molecular flexibility index (Phi) is 3.20. The number of aryl methyl sites for hydroxylation is 1. The Morgan fingerprint density at radius 3 is 2.75 bits per heavy atom. The Labute approximate surface area is 117 Å². The number of hydrogen-bond donors (Lipinski definition) is 1. The summed E-state index contributed by atoms with van der Waals surface area (Å²) in [4.78, 5) is 21.9. The number of amides is 1. The number of nitro groups is 1. The van der Waals surface area contributed by atoms with Gasteiger partial charge in [0, 0.05) is 17.0 Å². The number of carbonyl (C=O) groups is 1. The molecule has 20 heavy (non-hydrogen) atoms. The first-order valence-corrected chi connectivity index (χ1v) is 7.18. The molecule has 1 aromatic rings. The van der Waals surface area contributed by atoms with E-state index >= 15 is 0 Å². The molecule has 5 heteroatoms. The highest BCUT2D eigenvalue weighted by molar-refractivity contribution is 6.08. The van der Waals surface area contributed by atoms with Crippen LogP contribution in [-0.2, 0) is 16.6 Å². The molecule has 0 saturated heterocycles. The van der Waals surface area contributed by atoms with E-state index in [1.165, 1.54) is 5.56 Å². The molecule has 3 rings (SSSR count). The number of nitrogens with one attached hydrogen (secondary N) is 1. The van der Waals surface area contributed by atoms with Gasteiger partial charge >= 0.3 is 0 Å². The smallest absolute Gasteiger partial charge is 0.235 e. The monoisotopic (exact) mass is 274 g/mol. The molecule has 1 aliphatic heterocycles. The lowest BCUT2D eigenvalue weighted by atomic mass is 9.94. The lowest BCUT2D eigenvalue weighted by molar-refractivity contribution is -0.480. The van der Waals surface area contributed by atoms with Gasteiger partial charge in [-0.05, 0) is 49.3 Å². The van der Waals surface area contributed by atoms with Gasteiger partial charge in [-0.15, -0.1) is 0 Å². The number of unbranched alkanes of at least 4 members (excludes halogenated alkanes) is 2. The van der Waals surface area contributed by atoms with Crippen molar-refractivity contribution in [1.29, 1.82) is 0 Å². The fourth-order valence-corrected chi connectivity index (χ4v) is 2.98. The number of nitrogens with zero attached hydrogens (tertiary/aromatic N) is 1. The molecule has 1 aromatic carbocycles. The van der Waals surface area contributed by atoms with Crippen molar-refractivity contribution in [3.8, 4) is 0 Å². The van der Waals surface area contributed by atoms with Gasteiger partial charge in [0.05, 0.1) is 5.41 Å². The third-order valence-corrected chi connectivity index (χ3v) is 4.34. The zero-order valence-corrected chi connectivity index (χ0v) is 11.4. The average molecular weight is 274 g/mol. The first-order chi connectivity index (χ1) is 9.62. The van der Waals surface area contributed by atoms with E-state index in [0.717, 1.165) is 43.4 Å². The second-order valence-electron chi connectivity index (χ2n) is 5.78. The number of hydrogen-bond acceptors (Lipinski definition) is 3. The Morgan fingerprint density at radius 1 is 1.25 bits per heavy atom. The first-order valence-electron chi connectivity index (χ1n) is 7.18. The number of fused-ring (bicyclic) bond motifs is 2. The van der Waals surface area contributed by atoms with Crippen LogP contribution in [-0.4, -0.2) is 17.4 Å². The molecular weight excluding hydrogens is 256 g/mol. The van der Waals surface area contributed by atoms with Crippen LogP contribution < -0.4 is 5.32 Å². The predicted octanol–water partition coefficient (Wildman–Crippen LogP) is 2.66. The van der Waals surface area contributed by atoms with Crippen LogP contribution in [0.25, 0.3) is 0 Å². The van der Waals surface area contributed by atoms with E-state index < -0.39 is 0 Å². The Balaban J connectivity index is 1.59. The van der Waals surface area contributed by atoms with E-state index in [2.05, 4.69) is 11.4 Å². The largest absolute Gasteiger partial charge is 0.325 e. The number of carbonyl (C=O) groups excluding carboxylic acids is 1. The summed E-state index contributed by atoms with van der Waals surface area (Å²) in [6, 6.07) is 6.19. The normalized spacial score (nSPS) is 17.9. The summed E-state index contributed by atoms with van der Waals surface area (Å²) in [7, 11) is 0. The summed E-state index contributed by atoms with van der Waals surface area (Å²) in [6.45, 7) is 0.0612. The SMILES string of the molecule is O=C1Nc2ccc(CCCCC[N+](=O)[O-])cc2C12CC2. The molecule has 1 heterocycles. The highest BCUT2D eigenvalue weighted by Gasteiger charge is 2.56. The predicted molar refractivity (Wildman–Crippen MR) is 75.4 cm³/mol. The van der Waals surface area contributed by atoms with Crippen molar-refractivity contribution in [3.05, 3.63) is 39.4 Å². The fraction of sp³-hybridized carbons (Fsp3) is 0.533. The van der Waals surface area contributed by atoms with Gasteiger partial charge in [0.1, 0.15) is 0 Å². The molecule has 1 fully saturated rings. The summed E-state index contributed by atoms with van der Waals surface area (Å²) < 4.78 is 0. The molecule has 0 bridgehead atoms. The summed E-state index contributed by atoms with van der Waals surface area (Å²) in [5.74, 6) is 0.149. The molecule has 1 spiro atoms. The standard InChI is InChI=1S/C15H18N2O3/c18-14-15(7-8-15)12-10-11(5-6-13(12)16-14)4-2-1-3-9-17(19)20/h5-6,10H,1-4,7-9H2,(H,16,18). The highest BCUT2D eigenvalue weighted by atomic mass is 16.6. The van der Waals surface area contributed by atoms with E-state index in [4.69, 9.17) is 0 Å². The van der Waals surface area contributed by atoms with Crippen LogP contribution in [0, 0.1) is 10.1 Å². The quantitative estimate of drug-likeness (QED) is 0.492. The maximum Gasteiger partial charge on any atom is 0.235 e. The summed E-state index contributed by atoms with van der Waals surface area (Å²) in [6.07, 6.45) is 5.31. The van der Waals surface area contributed by atoms with Crippen molar-refractivity contribution in [1.82, 2.24) is 0 Å². The molecule has 0 radical (unpaired) electrons. The van der Waals surface area contributed by atoms with Crippen molar-refractivity contribution in [2.75, 3.05) is 11.9 Å². The third-order valence-electron chi connectivity index (χ3n) is 4.34. The van der Waals surface area contributed by atoms with Crippen molar-refractivity contribution < 1.29 is 9.72 Å². The molecular formula is C15H18N2O3. The van der Waals surface area contributed by atoms with Crippen molar-refractivity contribution >= 4 is 11.6 Å². The van der Waals surface area contributed by atoms with Crippen LogP contribution in [0.1, 0.15) is 43.2 Å². The Hall–Kier alpha value is -1.91. The van der Waals surface area contributed by atoms with E-state index in [1.54, 1.807) is 0 Å². The minimum Gasteiger partial charge on any atom is -0.325 e. The maximum absolute atomic E-state index is 11.9. The van der Waals surface area contributed by atoms with Gasteiger partial charge in [0.25, 0.3) is 0 Å². The van der Waals surface area contributed by atoms with E-state index in [1.807, 2.05) is 12.1 Å². The van der Waals surface area contributed by atoms with E-state index in [0.29, 0.717) is 6.42 Å². The van der Waals surface area contributed by atoms with E-state index in [9.17, 15) is 14.9 Å². The number of anilines is 1. The lowest BCUT2D eigenvalue weighted by Gasteiger charge is -2.07. The fourth-order valence-electron chi connectivity index (χ4n) is 2.98. The zero-order chi connectivity index (χ0) is 14.2. The lowest BCUT2D eigenvalue weighted by Crippen LogP contribution is -2.18. The number of benzene rings is 1. The minimum atomic E-state index is -0.260. The summed E-state index contributed by atoms with van der Waals surface area (Å²) in [5, 5.41) is 13.2. The van der Waals surface area contributed by atoms with Gasteiger partial charge in [0.2, 0.25) is 12.5 Å². The van der Waals surface area contributed by atoms with Gasteiger partial charge < -0.3 is 5.32 Å². The molecule has 1 amide bonds. The van der Waals surface area contributed by atoms with Crippen LogP contribution >= 0.6 is 0 Å². The van der Waals surface area contributed by atoms with Crippen molar-refractivity contribution in [2.45, 2.75) is 43.9 Å². The first kappa shape index (κ1) is 13.1. The van der Waals surface area contributed by atoms with Crippen LogP contribution in [0.2, 0.25) is 0 Å². The molecule has 1 N–H and O–H groups in total. The highest BCUT2D eigenvalue weighted by Crippen LogP contribution is 2.55. The van der Waals surface area contributed by atoms with Gasteiger partial charge in [-0.1, -0.05) is 12.1 Å². The summed E-state index contributed by atoms with van der Waals surface area (Å²) in [5.41, 5.74) is 3.12. The van der Waals surface area contributed by atoms with Crippen LogP contribution in [0.4, 0.5) is 5.69 Å².